The molecule has 10 heteroatoms. The maximum atomic E-state index is 12.1. The molecule has 10 nitrogen and oxygen atoms in total. The lowest BCUT2D eigenvalue weighted by molar-refractivity contribution is -0.151. The summed E-state index contributed by atoms with van der Waals surface area (Å²) in [7, 11) is 0. The highest BCUT2D eigenvalue weighted by Crippen LogP contribution is 2.17. The van der Waals surface area contributed by atoms with E-state index in [0.717, 1.165) is 11.1 Å². The number of nitrogens with zero attached hydrogens (tertiary/aromatic N) is 2. The first-order valence-corrected chi connectivity index (χ1v) is 13.5. The Morgan fingerprint density at radius 2 is 1.18 bits per heavy atom. The Morgan fingerprint density at radius 3 is 1.68 bits per heavy atom. The van der Waals surface area contributed by atoms with Gasteiger partial charge in [-0.05, 0) is 24.5 Å². The average Bonchev–Trinajstić information content (AvgIpc) is 3.18. The number of amides is 2. The van der Waals surface area contributed by atoms with E-state index in [1.54, 1.807) is 11.8 Å². The summed E-state index contributed by atoms with van der Waals surface area (Å²) < 4.78 is 15.4. The molecule has 2 aliphatic rings. The number of rotatable bonds is 6. The molecule has 2 aliphatic heterocycles. The SMILES string of the molecule is CCOC(=O)C1CCN(C(=O)OCc2ccccc2)CCC1=O.O=C1CCN(C(=O)OCc2ccccc2)CC1. The zero-order valence-corrected chi connectivity index (χ0v) is 22.8. The van der Waals surface area contributed by atoms with Crippen molar-refractivity contribution in [3.63, 3.8) is 0 Å². The summed E-state index contributed by atoms with van der Waals surface area (Å²) in [5, 5.41) is 0. The van der Waals surface area contributed by atoms with E-state index in [-0.39, 0.29) is 56.9 Å². The predicted molar refractivity (Wildman–Crippen MR) is 145 cm³/mol. The van der Waals surface area contributed by atoms with Crippen molar-refractivity contribution in [3.05, 3.63) is 71.8 Å². The molecule has 40 heavy (non-hydrogen) atoms. The molecule has 0 spiro atoms. The number of ketones is 2. The van der Waals surface area contributed by atoms with Crippen LogP contribution >= 0.6 is 0 Å². The topological polar surface area (TPSA) is 120 Å². The Balaban J connectivity index is 0.000000230. The number of esters is 1. The van der Waals surface area contributed by atoms with Gasteiger partial charge in [-0.25, -0.2) is 9.59 Å². The highest BCUT2D eigenvalue weighted by Gasteiger charge is 2.32. The molecule has 0 bridgehead atoms. The first-order valence-electron chi connectivity index (χ1n) is 13.5. The Bertz CT molecular complexity index is 1130. The summed E-state index contributed by atoms with van der Waals surface area (Å²) in [4.78, 5) is 61.6. The average molecular weight is 553 g/mol. The van der Waals surface area contributed by atoms with Gasteiger partial charge in [-0.1, -0.05) is 60.7 Å². The van der Waals surface area contributed by atoms with Gasteiger partial charge in [0.25, 0.3) is 0 Å². The van der Waals surface area contributed by atoms with Crippen LogP contribution in [0.3, 0.4) is 0 Å². The number of carbonyl (C=O) groups excluding carboxylic acids is 5. The second kappa shape index (κ2) is 16.0. The fourth-order valence-corrected chi connectivity index (χ4v) is 4.21. The molecule has 2 aromatic rings. The summed E-state index contributed by atoms with van der Waals surface area (Å²) in [5.41, 5.74) is 1.87. The Labute approximate surface area is 234 Å². The van der Waals surface area contributed by atoms with Crippen LogP contribution in [-0.2, 0) is 41.8 Å². The molecule has 2 aromatic carbocycles. The van der Waals surface area contributed by atoms with Crippen molar-refractivity contribution in [2.45, 2.75) is 45.8 Å². The van der Waals surface area contributed by atoms with Gasteiger partial charge in [0.2, 0.25) is 0 Å². The Hall–Kier alpha value is -4.21. The standard InChI is InChI=1S/C17H21NO5.C13H15NO3/c1-2-22-16(20)14-8-10-18(11-9-15(14)19)17(21)23-12-13-6-4-3-5-7-13;15-12-6-8-14(9-7-12)13(16)17-10-11-4-2-1-3-5-11/h3-7,14H,2,8-12H2,1H3;1-5H,6-10H2. The van der Waals surface area contributed by atoms with Gasteiger partial charge < -0.3 is 24.0 Å². The van der Waals surface area contributed by atoms with E-state index in [1.165, 1.54) is 4.90 Å². The van der Waals surface area contributed by atoms with Crippen molar-refractivity contribution < 1.29 is 38.2 Å². The molecule has 0 aromatic heterocycles. The van der Waals surface area contributed by atoms with Crippen LogP contribution in [0.5, 0.6) is 0 Å². The van der Waals surface area contributed by atoms with Crippen LogP contribution in [0, 0.1) is 5.92 Å². The maximum Gasteiger partial charge on any atom is 0.410 e. The normalized spacial score (nSPS) is 17.2. The fraction of sp³-hybridized carbons (Fsp3) is 0.433. The fourth-order valence-electron chi connectivity index (χ4n) is 4.21. The second-order valence-electron chi connectivity index (χ2n) is 9.40. The second-order valence-corrected chi connectivity index (χ2v) is 9.40. The van der Waals surface area contributed by atoms with E-state index in [4.69, 9.17) is 14.2 Å². The van der Waals surface area contributed by atoms with Crippen molar-refractivity contribution >= 4 is 29.7 Å². The van der Waals surface area contributed by atoms with Crippen molar-refractivity contribution in [1.29, 1.82) is 0 Å². The Kier molecular flexibility index (Phi) is 12.2. The lowest BCUT2D eigenvalue weighted by atomic mass is 10.00. The quantitative estimate of drug-likeness (QED) is 0.298. The lowest BCUT2D eigenvalue weighted by Crippen LogP contribution is -2.38. The van der Waals surface area contributed by atoms with Crippen LogP contribution in [0.2, 0.25) is 0 Å². The molecule has 1 atom stereocenters. The zero-order valence-electron chi connectivity index (χ0n) is 22.8. The first-order chi connectivity index (χ1) is 19.4. The molecule has 1 unspecified atom stereocenters. The summed E-state index contributed by atoms with van der Waals surface area (Å²) in [6, 6.07) is 18.9. The molecule has 0 aliphatic carbocycles. The van der Waals surface area contributed by atoms with Gasteiger partial charge in [0.1, 0.15) is 30.7 Å². The number of carbonyl (C=O) groups is 5. The number of Topliss-reactive ketones (excluding diaryl/α,β-unsaturated/α-hetero) is 2. The van der Waals surface area contributed by atoms with E-state index < -0.39 is 18.0 Å². The van der Waals surface area contributed by atoms with Crippen molar-refractivity contribution in [2.75, 3.05) is 32.8 Å². The van der Waals surface area contributed by atoms with Gasteiger partial charge in [0, 0.05) is 45.4 Å². The predicted octanol–water partition coefficient (Wildman–Crippen LogP) is 4.16. The molecule has 0 radical (unpaired) electrons. The number of ether oxygens (including phenoxy) is 3. The number of likely N-dealkylation sites (tertiary alicyclic amines) is 2. The molecule has 4 rings (SSSR count). The van der Waals surface area contributed by atoms with Crippen LogP contribution in [0.4, 0.5) is 9.59 Å². The number of piperidine rings is 1. The third kappa shape index (κ3) is 9.83. The monoisotopic (exact) mass is 552 g/mol. The van der Waals surface area contributed by atoms with Gasteiger partial charge in [0.05, 0.1) is 6.61 Å². The van der Waals surface area contributed by atoms with Crippen molar-refractivity contribution in [1.82, 2.24) is 9.80 Å². The van der Waals surface area contributed by atoms with Gasteiger partial charge >= 0.3 is 18.2 Å². The molecular weight excluding hydrogens is 516 g/mol. The molecule has 0 N–H and O–H groups in total. The molecule has 214 valence electrons. The summed E-state index contributed by atoms with van der Waals surface area (Å²) >= 11 is 0. The minimum atomic E-state index is -0.776. The van der Waals surface area contributed by atoms with E-state index in [1.807, 2.05) is 60.7 Å². The van der Waals surface area contributed by atoms with E-state index in [2.05, 4.69) is 0 Å². The van der Waals surface area contributed by atoms with E-state index in [0.29, 0.717) is 32.5 Å². The minimum absolute atomic E-state index is 0.143. The number of benzene rings is 2. The number of hydrogen-bond acceptors (Lipinski definition) is 8. The maximum absolute atomic E-state index is 12.1. The Morgan fingerprint density at radius 1 is 0.700 bits per heavy atom. The highest BCUT2D eigenvalue weighted by molar-refractivity contribution is 5.99. The molecular formula is C30H36N2O8. The molecule has 2 fully saturated rings. The smallest absolute Gasteiger partial charge is 0.410 e. The van der Waals surface area contributed by atoms with Gasteiger partial charge in [0.15, 0.2) is 0 Å². The largest absolute Gasteiger partial charge is 0.465 e. The van der Waals surface area contributed by atoms with Gasteiger partial charge in [-0.15, -0.1) is 0 Å². The zero-order chi connectivity index (χ0) is 28.7. The van der Waals surface area contributed by atoms with Crippen molar-refractivity contribution in [2.24, 2.45) is 5.92 Å². The summed E-state index contributed by atoms with van der Waals surface area (Å²) in [6.45, 7) is 3.94. The highest BCUT2D eigenvalue weighted by atomic mass is 16.6. The summed E-state index contributed by atoms with van der Waals surface area (Å²) in [5.74, 6) is -1.24. The molecule has 0 saturated carbocycles. The lowest BCUT2D eigenvalue weighted by Gasteiger charge is -2.25. The van der Waals surface area contributed by atoms with Crippen LogP contribution in [0.1, 0.15) is 43.7 Å². The minimum Gasteiger partial charge on any atom is -0.465 e. The van der Waals surface area contributed by atoms with Crippen molar-refractivity contribution in [3.8, 4) is 0 Å². The van der Waals surface area contributed by atoms with E-state index in [9.17, 15) is 24.0 Å². The third-order valence-electron chi connectivity index (χ3n) is 6.52. The van der Waals surface area contributed by atoms with Gasteiger partial charge in [-0.2, -0.15) is 0 Å². The van der Waals surface area contributed by atoms with Crippen LogP contribution < -0.4 is 0 Å². The number of hydrogen-bond donors (Lipinski definition) is 0. The summed E-state index contributed by atoms with van der Waals surface area (Å²) in [6.07, 6.45) is 0.510. The molecule has 2 amide bonds. The van der Waals surface area contributed by atoms with Crippen LogP contribution in [-0.4, -0.2) is 72.3 Å². The van der Waals surface area contributed by atoms with Gasteiger partial charge in [-0.3, -0.25) is 14.4 Å². The van der Waals surface area contributed by atoms with E-state index >= 15 is 0 Å². The third-order valence-corrected chi connectivity index (χ3v) is 6.52. The van der Waals surface area contributed by atoms with Crippen LogP contribution in [0.15, 0.2) is 60.7 Å². The molecule has 2 heterocycles. The first kappa shape index (κ1) is 30.3. The van der Waals surface area contributed by atoms with Crippen LogP contribution in [0.25, 0.3) is 0 Å². The molecule has 2 saturated heterocycles.